The summed E-state index contributed by atoms with van der Waals surface area (Å²) >= 11 is 4.55. The Bertz CT molecular complexity index is 321. The maximum atomic E-state index is 5.55. The average molecular weight is 195 g/mol. The minimum absolute atomic E-state index is 0.0684. The number of amidine groups is 1. The molecule has 1 aromatic rings. The van der Waals surface area contributed by atoms with Gasteiger partial charge in [-0.3, -0.25) is 10.4 Å². The van der Waals surface area contributed by atoms with Gasteiger partial charge >= 0.3 is 0 Å². The maximum absolute atomic E-state index is 5.55. The molecule has 0 atom stereocenters. The normalized spacial score (nSPS) is 10.9. The number of rotatable bonds is 2. The van der Waals surface area contributed by atoms with Gasteiger partial charge in [0.2, 0.25) is 0 Å². The Morgan fingerprint density at radius 1 is 1.46 bits per heavy atom. The number of aromatic nitrogens is 1. The van der Waals surface area contributed by atoms with Crippen LogP contribution < -0.4 is 16.9 Å². The number of hydrogen-bond acceptors (Lipinski definition) is 3. The molecular weight excluding hydrogens is 186 g/mol. The van der Waals surface area contributed by atoms with Gasteiger partial charge in [-0.15, -0.1) is 0 Å². The lowest BCUT2D eigenvalue weighted by molar-refractivity contribution is 1.02. The summed E-state index contributed by atoms with van der Waals surface area (Å²) in [5.74, 6) is 0.244. The van der Waals surface area contributed by atoms with E-state index in [1.807, 2.05) is 6.07 Å². The van der Waals surface area contributed by atoms with E-state index < -0.39 is 0 Å². The first-order valence-corrected chi connectivity index (χ1v) is 3.91. The van der Waals surface area contributed by atoms with Gasteiger partial charge in [0, 0.05) is 6.20 Å². The second-order valence-electron chi connectivity index (χ2n) is 2.19. The third kappa shape index (κ3) is 3.04. The van der Waals surface area contributed by atoms with Crippen molar-refractivity contribution in [2.75, 3.05) is 0 Å². The summed E-state index contributed by atoms with van der Waals surface area (Å²) in [6.45, 7) is 0. The molecule has 0 spiro atoms. The van der Waals surface area contributed by atoms with Gasteiger partial charge in [-0.2, -0.15) is 5.10 Å². The quantitative estimate of drug-likeness (QED) is 0.257. The van der Waals surface area contributed by atoms with Crippen molar-refractivity contribution in [2.24, 2.45) is 16.6 Å². The monoisotopic (exact) mass is 195 g/mol. The highest BCUT2D eigenvalue weighted by molar-refractivity contribution is 7.80. The molecule has 5 nitrogen and oxygen atoms in total. The Hall–Kier alpha value is -1.69. The number of thiocarbonyl (C=S) groups is 1. The van der Waals surface area contributed by atoms with Crippen molar-refractivity contribution in [2.45, 2.75) is 0 Å². The van der Waals surface area contributed by atoms with Gasteiger partial charge in [-0.1, -0.05) is 6.07 Å². The Morgan fingerprint density at radius 3 is 2.77 bits per heavy atom. The molecule has 0 aliphatic carbocycles. The summed E-state index contributed by atoms with van der Waals surface area (Å²) in [5, 5.41) is 3.78. The van der Waals surface area contributed by atoms with Gasteiger partial charge < -0.3 is 11.5 Å². The van der Waals surface area contributed by atoms with E-state index in [0.29, 0.717) is 5.69 Å². The summed E-state index contributed by atoms with van der Waals surface area (Å²) in [5.41, 5.74) is 13.7. The molecule has 0 fully saturated rings. The predicted octanol–water partition coefficient (Wildman–Crippen LogP) is -0.465. The largest absolute Gasteiger partial charge is 0.380 e. The van der Waals surface area contributed by atoms with Crippen LogP contribution in [0.1, 0.15) is 5.69 Å². The number of nitrogens with two attached hydrogens (primary N) is 2. The van der Waals surface area contributed by atoms with Crippen molar-refractivity contribution in [1.82, 2.24) is 10.4 Å². The van der Waals surface area contributed by atoms with E-state index >= 15 is 0 Å². The molecule has 1 heterocycles. The zero-order chi connectivity index (χ0) is 9.68. The van der Waals surface area contributed by atoms with E-state index in [9.17, 15) is 0 Å². The molecule has 0 aromatic carbocycles. The van der Waals surface area contributed by atoms with Crippen molar-refractivity contribution in [3.8, 4) is 0 Å². The van der Waals surface area contributed by atoms with Crippen LogP contribution in [0.4, 0.5) is 0 Å². The zero-order valence-electron chi connectivity index (χ0n) is 6.77. The topological polar surface area (TPSA) is 89.3 Å². The molecular formula is C7H9N5S. The SMILES string of the molecule is NC(=S)N/N=C(\N)c1ccccn1. The molecule has 13 heavy (non-hydrogen) atoms. The maximum Gasteiger partial charge on any atom is 0.184 e. The molecule has 68 valence electrons. The highest BCUT2D eigenvalue weighted by Gasteiger charge is 1.97. The lowest BCUT2D eigenvalue weighted by Crippen LogP contribution is -2.28. The van der Waals surface area contributed by atoms with E-state index in [4.69, 9.17) is 11.5 Å². The lowest BCUT2D eigenvalue weighted by atomic mass is 10.3. The van der Waals surface area contributed by atoms with Gasteiger partial charge in [-0.25, -0.2) is 0 Å². The number of pyridine rings is 1. The highest BCUT2D eigenvalue weighted by atomic mass is 32.1. The van der Waals surface area contributed by atoms with Crippen molar-refractivity contribution >= 4 is 23.2 Å². The van der Waals surface area contributed by atoms with Crippen LogP contribution in [0.5, 0.6) is 0 Å². The molecule has 0 saturated heterocycles. The second kappa shape index (κ2) is 4.36. The van der Waals surface area contributed by atoms with E-state index in [1.54, 1.807) is 18.3 Å². The predicted molar refractivity (Wildman–Crippen MR) is 54.9 cm³/mol. The van der Waals surface area contributed by atoms with Crippen molar-refractivity contribution in [3.05, 3.63) is 30.1 Å². The molecule has 6 heteroatoms. The fourth-order valence-electron chi connectivity index (χ4n) is 0.687. The summed E-state index contributed by atoms with van der Waals surface area (Å²) in [4.78, 5) is 3.98. The van der Waals surface area contributed by atoms with E-state index in [0.717, 1.165) is 0 Å². The van der Waals surface area contributed by atoms with Crippen molar-refractivity contribution in [3.63, 3.8) is 0 Å². The van der Waals surface area contributed by atoms with E-state index in [2.05, 4.69) is 27.7 Å². The molecule has 0 aliphatic heterocycles. The van der Waals surface area contributed by atoms with Gasteiger partial charge in [0.1, 0.15) is 5.69 Å². The Morgan fingerprint density at radius 2 is 2.23 bits per heavy atom. The Kier molecular flexibility index (Phi) is 3.15. The van der Waals surface area contributed by atoms with Gasteiger partial charge in [0.15, 0.2) is 10.9 Å². The first-order chi connectivity index (χ1) is 6.20. The minimum atomic E-state index is 0.0684. The third-order valence-corrected chi connectivity index (χ3v) is 1.31. The Balaban J connectivity index is 2.73. The van der Waals surface area contributed by atoms with Crippen LogP contribution in [0.15, 0.2) is 29.5 Å². The molecule has 0 radical (unpaired) electrons. The van der Waals surface area contributed by atoms with Crippen LogP contribution in [0.25, 0.3) is 0 Å². The number of nitrogens with one attached hydrogen (secondary N) is 1. The number of hydrazone groups is 1. The molecule has 1 aromatic heterocycles. The molecule has 0 bridgehead atoms. The van der Waals surface area contributed by atoms with Crippen LogP contribution in [0.3, 0.4) is 0 Å². The summed E-state index contributed by atoms with van der Waals surface area (Å²) < 4.78 is 0. The third-order valence-electron chi connectivity index (χ3n) is 1.21. The van der Waals surface area contributed by atoms with Gasteiger partial charge in [0.05, 0.1) is 0 Å². The first kappa shape index (κ1) is 9.40. The summed E-state index contributed by atoms with van der Waals surface area (Å²) in [6.07, 6.45) is 1.62. The van der Waals surface area contributed by atoms with Crippen molar-refractivity contribution < 1.29 is 0 Å². The highest BCUT2D eigenvalue weighted by Crippen LogP contribution is 1.91. The van der Waals surface area contributed by atoms with Gasteiger partial charge in [-0.05, 0) is 24.4 Å². The second-order valence-corrected chi connectivity index (χ2v) is 2.63. The Labute approximate surface area is 80.8 Å². The first-order valence-electron chi connectivity index (χ1n) is 3.50. The van der Waals surface area contributed by atoms with Crippen molar-refractivity contribution in [1.29, 1.82) is 0 Å². The van der Waals surface area contributed by atoms with Crippen LogP contribution in [0.2, 0.25) is 0 Å². The fraction of sp³-hybridized carbons (Fsp3) is 0. The van der Waals surface area contributed by atoms with Gasteiger partial charge in [0.25, 0.3) is 0 Å². The van der Waals surface area contributed by atoms with E-state index in [1.165, 1.54) is 0 Å². The molecule has 1 rings (SSSR count). The van der Waals surface area contributed by atoms with Crippen LogP contribution in [0, 0.1) is 0 Å². The lowest BCUT2D eigenvalue weighted by Gasteiger charge is -1.99. The molecule has 0 unspecified atom stereocenters. The molecule has 0 aliphatic rings. The smallest absolute Gasteiger partial charge is 0.184 e. The standard InChI is InChI=1S/C7H9N5S/c8-6(11-12-7(9)13)5-3-1-2-4-10-5/h1-4H,(H2,8,11)(H3,9,12,13). The van der Waals surface area contributed by atoms with Crippen LogP contribution in [-0.2, 0) is 0 Å². The number of nitrogens with zero attached hydrogens (tertiary/aromatic N) is 2. The zero-order valence-corrected chi connectivity index (χ0v) is 7.58. The summed E-state index contributed by atoms with van der Waals surface area (Å²) in [6, 6.07) is 5.34. The summed E-state index contributed by atoms with van der Waals surface area (Å²) in [7, 11) is 0. The average Bonchev–Trinajstić information content (AvgIpc) is 2.15. The minimum Gasteiger partial charge on any atom is -0.380 e. The molecule has 0 amide bonds. The molecule has 0 saturated carbocycles. The van der Waals surface area contributed by atoms with E-state index in [-0.39, 0.29) is 10.9 Å². The molecule has 5 N–H and O–H groups in total. The van der Waals surface area contributed by atoms with Crippen LogP contribution in [-0.4, -0.2) is 15.9 Å². The fourth-order valence-corrected chi connectivity index (χ4v) is 0.733. The van der Waals surface area contributed by atoms with Crippen LogP contribution >= 0.6 is 12.2 Å². The number of hydrogen-bond donors (Lipinski definition) is 3.